The Hall–Kier alpha value is -1.07. The summed E-state index contributed by atoms with van der Waals surface area (Å²) in [5, 5.41) is 0. The van der Waals surface area contributed by atoms with Gasteiger partial charge in [-0.25, -0.2) is 8.42 Å². The molecule has 1 aromatic rings. The van der Waals surface area contributed by atoms with Crippen LogP contribution in [0, 0.1) is 10.5 Å². The predicted molar refractivity (Wildman–Crippen MR) is 108 cm³/mol. The van der Waals surface area contributed by atoms with Gasteiger partial charge >= 0.3 is 42.3 Å². The van der Waals surface area contributed by atoms with E-state index in [2.05, 4.69) is 11.1 Å². The van der Waals surface area contributed by atoms with Crippen LogP contribution in [-0.2, 0) is 24.4 Å². The summed E-state index contributed by atoms with van der Waals surface area (Å²) in [6.45, 7) is 4.02. The molecule has 198 valence electrons. The van der Waals surface area contributed by atoms with E-state index in [0.29, 0.717) is 6.42 Å². The summed E-state index contributed by atoms with van der Waals surface area (Å²) in [5.41, 5.74) is -10.0. The molecule has 0 saturated carbocycles. The van der Waals surface area contributed by atoms with Crippen LogP contribution < -0.4 is 21.2 Å². The maximum atomic E-state index is 12.6. The molecule has 15 heteroatoms. The third-order valence-corrected chi connectivity index (χ3v) is 8.39. The lowest BCUT2D eigenvalue weighted by Crippen LogP contribution is -3.59. The van der Waals surface area contributed by atoms with Crippen molar-refractivity contribution in [1.29, 1.82) is 0 Å². The number of allylic oxidation sites excluding steroid dienone is 1. The Morgan fingerprint density at radius 1 is 0.941 bits per heavy atom. The minimum absolute atomic E-state index is 0.0890. The molecular formula is C19H25F6IO6S2. The maximum Gasteiger partial charge on any atom is 0.534 e. The normalized spacial score (nSPS) is 13.3. The molecule has 6 nitrogen and oxygen atoms in total. The molecule has 0 heterocycles. The van der Waals surface area contributed by atoms with Crippen LogP contribution in [0.3, 0.4) is 0 Å². The Kier molecular flexibility index (Phi) is 14.0. The van der Waals surface area contributed by atoms with E-state index in [1.807, 2.05) is 31.2 Å². The molecular weight excluding hydrogens is 629 g/mol. The first-order chi connectivity index (χ1) is 15.4. The molecule has 1 rings (SSSR count). The second kappa shape index (κ2) is 14.5. The highest BCUT2D eigenvalue weighted by molar-refractivity contribution is 7.87. The molecule has 34 heavy (non-hydrogen) atoms. The van der Waals surface area contributed by atoms with Gasteiger partial charge in [-0.05, 0) is 19.4 Å². The van der Waals surface area contributed by atoms with Crippen LogP contribution in [0.15, 0.2) is 34.1 Å². The summed E-state index contributed by atoms with van der Waals surface area (Å²) in [6.07, 6.45) is 5.95. The van der Waals surface area contributed by atoms with Crippen molar-refractivity contribution < 1.29 is 73.1 Å². The summed E-state index contributed by atoms with van der Waals surface area (Å²) in [4.78, 5) is 0. The highest BCUT2D eigenvalue weighted by Crippen LogP contribution is 2.27. The van der Waals surface area contributed by atoms with Gasteiger partial charge in [0, 0.05) is 12.0 Å². The lowest BCUT2D eigenvalue weighted by Gasteiger charge is -2.10. The minimum Gasteiger partial charge on any atom is -0.741 e. The fourth-order valence-corrected chi connectivity index (χ4v) is 5.06. The molecule has 0 aromatic heterocycles. The molecule has 1 aromatic carbocycles. The quantitative estimate of drug-likeness (QED) is 0.0693. The van der Waals surface area contributed by atoms with E-state index in [0.717, 1.165) is 41.2 Å². The van der Waals surface area contributed by atoms with E-state index >= 15 is 0 Å². The van der Waals surface area contributed by atoms with Gasteiger partial charge in [-0.2, -0.15) is 34.8 Å². The third kappa shape index (κ3) is 13.1. The number of benzene rings is 1. The SMILES string of the molecule is CCCCCCCC/C(=C\[I+]c1ccccc1C)OS(=O)(=O)C(F)(F)F.O=S(=O)([O-])C(F)(F)F. The van der Waals surface area contributed by atoms with E-state index in [4.69, 9.17) is 13.0 Å². The molecule has 0 aliphatic rings. The number of hydrogen-bond donors (Lipinski definition) is 0. The van der Waals surface area contributed by atoms with Crippen molar-refractivity contribution >= 4 is 20.2 Å². The molecule has 0 amide bonds. The summed E-state index contributed by atoms with van der Waals surface area (Å²) < 4.78 is 126. The Labute approximate surface area is 205 Å². The van der Waals surface area contributed by atoms with Crippen LogP contribution in [0.5, 0.6) is 0 Å². The molecule has 0 aliphatic carbocycles. The molecule has 0 bridgehead atoms. The molecule has 0 unspecified atom stereocenters. The third-order valence-electron chi connectivity index (χ3n) is 3.93. The topological polar surface area (TPSA) is 101 Å². The highest BCUT2D eigenvalue weighted by atomic mass is 127. The lowest BCUT2D eigenvalue weighted by atomic mass is 10.1. The van der Waals surface area contributed by atoms with Gasteiger partial charge in [-0.3, -0.25) is 0 Å². The summed E-state index contributed by atoms with van der Waals surface area (Å²) in [6, 6.07) is 7.56. The number of hydrogen-bond acceptors (Lipinski definition) is 6. The number of halogens is 7. The molecule has 0 atom stereocenters. The predicted octanol–water partition coefficient (Wildman–Crippen LogP) is 2.76. The van der Waals surface area contributed by atoms with Crippen molar-refractivity contribution in [2.24, 2.45) is 0 Å². The number of unbranched alkanes of at least 4 members (excludes halogenated alkanes) is 5. The summed E-state index contributed by atoms with van der Waals surface area (Å²) in [7, 11) is -11.7. The number of rotatable bonds is 11. The molecule has 0 N–H and O–H groups in total. The Balaban J connectivity index is 0.00000116. The average Bonchev–Trinajstić information content (AvgIpc) is 2.67. The van der Waals surface area contributed by atoms with Crippen LogP contribution in [0.25, 0.3) is 0 Å². The van der Waals surface area contributed by atoms with Crippen LogP contribution in [0.2, 0.25) is 0 Å². The van der Waals surface area contributed by atoms with Crippen LogP contribution in [0.1, 0.15) is 57.4 Å². The van der Waals surface area contributed by atoms with Crippen molar-refractivity contribution in [3.63, 3.8) is 0 Å². The van der Waals surface area contributed by atoms with E-state index in [-0.39, 0.29) is 12.2 Å². The Morgan fingerprint density at radius 3 is 1.91 bits per heavy atom. The van der Waals surface area contributed by atoms with Crippen LogP contribution in [0.4, 0.5) is 26.3 Å². The fraction of sp³-hybridized carbons (Fsp3) is 0.579. The largest absolute Gasteiger partial charge is 0.741 e. The number of alkyl halides is 6. The van der Waals surface area contributed by atoms with E-state index < -0.39 is 52.5 Å². The fourth-order valence-electron chi connectivity index (χ4n) is 2.18. The first-order valence-electron chi connectivity index (χ1n) is 9.83. The van der Waals surface area contributed by atoms with E-state index in [1.54, 1.807) is 4.08 Å². The number of aryl methyl sites for hydroxylation is 1. The van der Waals surface area contributed by atoms with Gasteiger partial charge in [-0.15, -0.1) is 0 Å². The maximum absolute atomic E-state index is 12.6. The zero-order valence-electron chi connectivity index (χ0n) is 18.2. The summed E-state index contributed by atoms with van der Waals surface area (Å²) in [5.74, 6) is -0.0890. The first kappa shape index (κ1) is 32.9. The zero-order chi connectivity index (χ0) is 26.6. The van der Waals surface area contributed by atoms with Crippen LogP contribution >= 0.6 is 0 Å². The highest BCUT2D eigenvalue weighted by Gasteiger charge is 2.49. The first-order valence-corrected chi connectivity index (χ1v) is 15.0. The van der Waals surface area contributed by atoms with Crippen molar-refractivity contribution in [1.82, 2.24) is 0 Å². The van der Waals surface area contributed by atoms with Gasteiger partial charge in [0.2, 0.25) is 0 Å². The van der Waals surface area contributed by atoms with Gasteiger partial charge in [0.15, 0.2) is 23.5 Å². The summed E-state index contributed by atoms with van der Waals surface area (Å²) >= 11 is -0.777. The van der Waals surface area contributed by atoms with Crippen molar-refractivity contribution in [3.8, 4) is 0 Å². The second-order valence-corrected chi connectivity index (χ2v) is 12.2. The van der Waals surface area contributed by atoms with Gasteiger partial charge < -0.3 is 8.74 Å². The molecule has 0 fully saturated rings. The van der Waals surface area contributed by atoms with Crippen molar-refractivity contribution in [2.75, 3.05) is 0 Å². The Bertz CT molecular complexity index is 989. The molecule has 0 radical (unpaired) electrons. The van der Waals surface area contributed by atoms with Crippen molar-refractivity contribution in [3.05, 3.63) is 43.2 Å². The van der Waals surface area contributed by atoms with Gasteiger partial charge in [0.1, 0.15) is 0 Å². The monoisotopic (exact) mass is 654 g/mol. The molecule has 0 spiro atoms. The lowest BCUT2D eigenvalue weighted by molar-refractivity contribution is -0.559. The minimum atomic E-state index is -6.09. The van der Waals surface area contributed by atoms with Crippen molar-refractivity contribution in [2.45, 2.75) is 69.8 Å². The molecule has 0 saturated heterocycles. The van der Waals surface area contributed by atoms with Gasteiger partial charge in [-0.1, -0.05) is 57.2 Å². The zero-order valence-corrected chi connectivity index (χ0v) is 22.0. The van der Waals surface area contributed by atoms with Gasteiger partial charge in [0.05, 0.1) is 0 Å². The molecule has 0 aliphatic heterocycles. The van der Waals surface area contributed by atoms with E-state index in [9.17, 15) is 34.8 Å². The second-order valence-electron chi connectivity index (χ2n) is 6.83. The Morgan fingerprint density at radius 2 is 1.44 bits per heavy atom. The van der Waals surface area contributed by atoms with Gasteiger partial charge in [0.25, 0.3) is 0 Å². The average molecular weight is 654 g/mol. The van der Waals surface area contributed by atoms with E-state index in [1.165, 1.54) is 0 Å². The smallest absolute Gasteiger partial charge is 0.534 e. The van der Waals surface area contributed by atoms with Crippen LogP contribution in [-0.4, -0.2) is 32.4 Å². The standard InChI is InChI=1S/C18H25F3IO3S.CHF3O3S/c1-3-4-5-6-7-8-12-16(25-26(23,24)18(19,20)21)14-22-17-13-10-9-11-15(17)2;2-1(3,4)8(5,6)7/h9-11,13-14H,3-8,12H2,1-2H3;(H,5,6,7)/q+1;/p-1/b16-14+;.